The van der Waals surface area contributed by atoms with Gasteiger partial charge in [0.25, 0.3) is 5.56 Å². The minimum atomic E-state index is -3.29. The van der Waals surface area contributed by atoms with Crippen molar-refractivity contribution in [3.63, 3.8) is 0 Å². The molecule has 2 aromatic carbocycles. The lowest BCUT2D eigenvalue weighted by Crippen LogP contribution is -2.30. The van der Waals surface area contributed by atoms with Gasteiger partial charge in [-0.3, -0.25) is 9.78 Å². The van der Waals surface area contributed by atoms with Gasteiger partial charge in [0.15, 0.2) is 0 Å². The Morgan fingerprint density at radius 2 is 1.88 bits per heavy atom. The average molecular weight is 473 g/mol. The lowest BCUT2D eigenvalue weighted by atomic mass is 9.83. The molecule has 0 spiro atoms. The second-order valence-corrected chi connectivity index (χ2v) is 8.62. The highest BCUT2D eigenvalue weighted by atomic mass is 35.5. The minimum absolute atomic E-state index is 0.00262. The van der Waals surface area contributed by atoms with Gasteiger partial charge in [0.2, 0.25) is 0 Å². The third kappa shape index (κ3) is 5.60. The van der Waals surface area contributed by atoms with E-state index < -0.39 is 11.8 Å². The number of alkyl halides is 2. The van der Waals surface area contributed by atoms with Crippen LogP contribution >= 0.6 is 11.6 Å². The molecule has 5 nitrogen and oxygen atoms in total. The quantitative estimate of drug-likeness (QED) is 0.486. The van der Waals surface area contributed by atoms with Crippen molar-refractivity contribution >= 4 is 17.2 Å². The topological polar surface area (TPSA) is 75.0 Å². The van der Waals surface area contributed by atoms with Crippen molar-refractivity contribution in [2.45, 2.75) is 44.6 Å². The molecule has 0 aliphatic heterocycles. The Kier molecular flexibility index (Phi) is 6.51. The van der Waals surface area contributed by atoms with Gasteiger partial charge in [0.05, 0.1) is 5.02 Å². The summed E-state index contributed by atoms with van der Waals surface area (Å²) in [5.41, 5.74) is 3.04. The second kappa shape index (κ2) is 9.35. The zero-order chi connectivity index (χ0) is 23.6. The van der Waals surface area contributed by atoms with Gasteiger partial charge < -0.3 is 9.72 Å². The van der Waals surface area contributed by atoms with E-state index in [0.29, 0.717) is 48.9 Å². The van der Waals surface area contributed by atoms with E-state index in [4.69, 9.17) is 11.6 Å². The molecular weight excluding hydrogens is 450 g/mol. The maximum atomic E-state index is 13.1. The van der Waals surface area contributed by atoms with Crippen LogP contribution in [0.3, 0.4) is 0 Å². The van der Waals surface area contributed by atoms with E-state index >= 15 is 0 Å². The molecule has 3 aromatic rings. The first-order valence-corrected chi connectivity index (χ1v) is 11.0. The van der Waals surface area contributed by atoms with Gasteiger partial charge >= 0.3 is 11.8 Å². The summed E-state index contributed by atoms with van der Waals surface area (Å²) in [6.45, 7) is 0.670. The van der Waals surface area contributed by atoms with Crippen LogP contribution in [-0.2, 0) is 6.42 Å². The lowest BCUT2D eigenvalue weighted by Gasteiger charge is -2.24. The van der Waals surface area contributed by atoms with E-state index in [9.17, 15) is 18.4 Å². The molecular formula is C25H23ClF2N2O3. The number of aromatic nitrogens is 2. The maximum Gasteiger partial charge on any atom is 0.394 e. The van der Waals surface area contributed by atoms with Gasteiger partial charge in [-0.15, -0.1) is 0 Å². The fourth-order valence-corrected chi connectivity index (χ4v) is 4.51. The molecule has 1 unspecified atom stereocenters. The van der Waals surface area contributed by atoms with Crippen LogP contribution in [0.1, 0.15) is 54.5 Å². The molecule has 0 fully saturated rings. The molecule has 1 aliphatic rings. The number of allylic oxidation sites excluding steroid dienone is 2. The normalized spacial score (nSPS) is 16.4. The predicted octanol–water partition coefficient (Wildman–Crippen LogP) is 5.65. The highest BCUT2D eigenvalue weighted by Crippen LogP contribution is 2.39. The van der Waals surface area contributed by atoms with Crippen LogP contribution in [0.2, 0.25) is 5.02 Å². The number of hydrogen-bond acceptors (Lipinski definition) is 3. The first-order chi connectivity index (χ1) is 15.7. The summed E-state index contributed by atoms with van der Waals surface area (Å²) in [5, 5.41) is 0.329. The summed E-state index contributed by atoms with van der Waals surface area (Å²) < 4.78 is 30.8. The smallest absolute Gasteiger partial charge is 0.394 e. The number of ether oxygens (including phenoxy) is 1. The Bertz CT molecular complexity index is 1290. The number of nitrogens with one attached hydrogen (secondary N) is 2. The van der Waals surface area contributed by atoms with E-state index in [-0.39, 0.29) is 17.2 Å². The van der Waals surface area contributed by atoms with Gasteiger partial charge in [-0.1, -0.05) is 48.0 Å². The molecule has 2 N–H and O–H groups in total. The van der Waals surface area contributed by atoms with E-state index in [2.05, 4.69) is 14.7 Å². The number of rotatable bonds is 6. The van der Waals surface area contributed by atoms with Crippen molar-refractivity contribution in [3.8, 4) is 5.75 Å². The van der Waals surface area contributed by atoms with Gasteiger partial charge in [0.1, 0.15) is 5.75 Å². The highest BCUT2D eigenvalue weighted by Gasteiger charge is 2.25. The van der Waals surface area contributed by atoms with E-state index in [0.717, 1.165) is 16.7 Å². The molecule has 8 heteroatoms. The molecule has 33 heavy (non-hydrogen) atoms. The van der Waals surface area contributed by atoms with Crippen molar-refractivity contribution in [2.24, 2.45) is 0 Å². The SMILES string of the molecule is CC(F)(F)Oc1ccc(C2=CCC(c3[nH]c(=O)[nH]c(=O)c3Cc3ccccc3)CC2)c(Cl)c1. The Morgan fingerprint density at radius 3 is 2.52 bits per heavy atom. The molecule has 1 heterocycles. The Hall–Kier alpha value is -3.19. The van der Waals surface area contributed by atoms with Crippen molar-refractivity contribution in [1.29, 1.82) is 0 Å². The Labute approximate surface area is 194 Å². The molecule has 0 amide bonds. The maximum absolute atomic E-state index is 13.1. The van der Waals surface area contributed by atoms with Crippen LogP contribution in [0.25, 0.3) is 5.57 Å². The summed E-state index contributed by atoms with van der Waals surface area (Å²) in [7, 11) is 0. The standard InChI is InChI=1S/C25H23ClF2N2O3/c1-25(27,28)33-18-11-12-19(21(26)14-18)16-7-9-17(10-8-16)22-20(23(31)30-24(32)29-22)13-15-5-3-2-4-6-15/h2-7,11-12,14,17H,8-10,13H2,1H3,(H2,29,30,31,32). The largest absolute Gasteiger partial charge is 0.433 e. The molecule has 1 atom stereocenters. The molecule has 0 saturated heterocycles. The van der Waals surface area contributed by atoms with Crippen molar-refractivity contribution in [3.05, 3.63) is 103 Å². The zero-order valence-corrected chi connectivity index (χ0v) is 18.7. The van der Waals surface area contributed by atoms with Crippen LogP contribution in [0.5, 0.6) is 5.75 Å². The number of hydrogen-bond donors (Lipinski definition) is 2. The summed E-state index contributed by atoms with van der Waals surface area (Å²) in [6.07, 6.45) is 1.13. The summed E-state index contributed by atoms with van der Waals surface area (Å²) in [6, 6.07) is 14.1. The Balaban J connectivity index is 1.58. The summed E-state index contributed by atoms with van der Waals surface area (Å²) in [4.78, 5) is 29.8. The first kappa shape index (κ1) is 23.0. The fraction of sp³-hybridized carbons (Fsp3) is 0.280. The Morgan fingerprint density at radius 1 is 1.12 bits per heavy atom. The van der Waals surface area contributed by atoms with Crippen LogP contribution in [-0.4, -0.2) is 16.1 Å². The summed E-state index contributed by atoms with van der Waals surface area (Å²) in [5.74, 6) is -0.0280. The van der Waals surface area contributed by atoms with Crippen molar-refractivity contribution < 1.29 is 13.5 Å². The zero-order valence-electron chi connectivity index (χ0n) is 18.0. The predicted molar refractivity (Wildman–Crippen MR) is 124 cm³/mol. The van der Waals surface area contributed by atoms with Crippen molar-refractivity contribution in [1.82, 2.24) is 9.97 Å². The molecule has 0 bridgehead atoms. The van der Waals surface area contributed by atoms with Gasteiger partial charge in [0, 0.05) is 30.5 Å². The number of benzene rings is 2. The minimum Gasteiger partial charge on any atom is -0.433 e. The second-order valence-electron chi connectivity index (χ2n) is 8.22. The number of halogens is 3. The third-order valence-corrected chi connectivity index (χ3v) is 6.01. The molecule has 1 aromatic heterocycles. The molecule has 0 radical (unpaired) electrons. The molecule has 4 rings (SSSR count). The van der Waals surface area contributed by atoms with Gasteiger partial charge in [-0.25, -0.2) is 4.79 Å². The van der Waals surface area contributed by atoms with Crippen LogP contribution in [0.4, 0.5) is 8.78 Å². The van der Waals surface area contributed by atoms with Crippen LogP contribution in [0, 0.1) is 0 Å². The average Bonchev–Trinajstić information content (AvgIpc) is 2.75. The fourth-order valence-electron chi connectivity index (χ4n) is 4.22. The lowest BCUT2D eigenvalue weighted by molar-refractivity contribution is -0.158. The van der Waals surface area contributed by atoms with Crippen molar-refractivity contribution in [2.75, 3.05) is 0 Å². The van der Waals surface area contributed by atoms with Crippen LogP contribution < -0.4 is 16.0 Å². The third-order valence-electron chi connectivity index (χ3n) is 5.70. The highest BCUT2D eigenvalue weighted by molar-refractivity contribution is 6.32. The van der Waals surface area contributed by atoms with Gasteiger partial charge in [-0.2, -0.15) is 8.78 Å². The van der Waals surface area contributed by atoms with E-state index in [1.807, 2.05) is 36.4 Å². The molecule has 0 saturated carbocycles. The van der Waals surface area contributed by atoms with Gasteiger partial charge in [-0.05, 0) is 54.2 Å². The number of H-pyrrole nitrogens is 2. The number of aromatic amines is 2. The monoisotopic (exact) mass is 472 g/mol. The first-order valence-electron chi connectivity index (χ1n) is 10.6. The van der Waals surface area contributed by atoms with E-state index in [1.54, 1.807) is 6.07 Å². The molecule has 1 aliphatic carbocycles. The molecule has 172 valence electrons. The summed E-state index contributed by atoms with van der Waals surface area (Å²) >= 11 is 6.34. The van der Waals surface area contributed by atoms with Crippen LogP contribution in [0.15, 0.2) is 64.2 Å². The van der Waals surface area contributed by atoms with E-state index in [1.165, 1.54) is 12.1 Å².